The van der Waals surface area contributed by atoms with Crippen LogP contribution in [0.3, 0.4) is 0 Å². The predicted octanol–water partition coefficient (Wildman–Crippen LogP) is 1.61. The Kier molecular flexibility index (Phi) is 1.49. The van der Waals surface area contributed by atoms with Gasteiger partial charge in [-0.05, 0) is 0 Å². The molecule has 0 bridgehead atoms. The topological polar surface area (TPSA) is 28.7 Å². The van der Waals surface area contributed by atoms with Crippen LogP contribution < -0.4 is 0 Å². The van der Waals surface area contributed by atoms with Crippen LogP contribution in [0.2, 0.25) is 0 Å². The normalized spacial score (nSPS) is 8.89. The minimum atomic E-state index is 0.782. The van der Waals surface area contributed by atoms with Gasteiger partial charge in [-0.3, -0.25) is 0 Å². The van der Waals surface area contributed by atoms with Crippen LogP contribution in [0.25, 0.3) is 5.57 Å². The zero-order valence-electron chi connectivity index (χ0n) is 5.09. The van der Waals surface area contributed by atoms with Crippen LogP contribution in [-0.2, 0) is 0 Å². The lowest BCUT2D eigenvalue weighted by molar-refractivity contribution is 1.25. The van der Waals surface area contributed by atoms with Gasteiger partial charge in [0, 0.05) is 18.0 Å². The van der Waals surface area contributed by atoms with Gasteiger partial charge in [-0.15, -0.1) is 0 Å². The summed E-state index contributed by atoms with van der Waals surface area (Å²) in [5.74, 6) is 0.782. The average Bonchev–Trinajstić information content (AvgIpc) is 2.37. The third-order valence-electron chi connectivity index (χ3n) is 1.05. The highest BCUT2D eigenvalue weighted by Crippen LogP contribution is 2.04. The first-order valence-corrected chi connectivity index (χ1v) is 2.65. The first-order valence-electron chi connectivity index (χ1n) is 2.65. The number of hydrogen-bond donors (Lipinski definition) is 1. The Hall–Kier alpha value is -1.31. The summed E-state index contributed by atoms with van der Waals surface area (Å²) in [6, 6.07) is 0. The molecule has 1 rings (SSSR count). The molecule has 0 atom stereocenters. The molecule has 1 aromatic heterocycles. The lowest BCUT2D eigenvalue weighted by atomic mass is 10.3. The van der Waals surface area contributed by atoms with Gasteiger partial charge in [0.25, 0.3) is 0 Å². The summed E-state index contributed by atoms with van der Waals surface area (Å²) in [6.07, 6.45) is 5.10. The molecule has 0 aliphatic heterocycles. The van der Waals surface area contributed by atoms with Crippen molar-refractivity contribution in [2.45, 2.75) is 0 Å². The predicted molar refractivity (Wildman–Crippen MR) is 37.8 cm³/mol. The largest absolute Gasteiger partial charge is 0.345 e. The van der Waals surface area contributed by atoms with Gasteiger partial charge in [-0.25, -0.2) is 4.98 Å². The summed E-state index contributed by atoms with van der Waals surface area (Å²) in [7, 11) is 0. The highest BCUT2D eigenvalue weighted by atomic mass is 14.9. The summed E-state index contributed by atoms with van der Waals surface area (Å²) < 4.78 is 0. The first kappa shape index (κ1) is 5.82. The third kappa shape index (κ3) is 1.08. The van der Waals surface area contributed by atoms with Crippen molar-refractivity contribution in [1.29, 1.82) is 0 Å². The molecule has 1 N–H and O–H groups in total. The smallest absolute Gasteiger partial charge is 0.136 e. The van der Waals surface area contributed by atoms with Crippen molar-refractivity contribution in [2.75, 3.05) is 0 Å². The van der Waals surface area contributed by atoms with Gasteiger partial charge >= 0.3 is 0 Å². The van der Waals surface area contributed by atoms with Crippen LogP contribution in [0.4, 0.5) is 0 Å². The van der Waals surface area contributed by atoms with Crippen molar-refractivity contribution < 1.29 is 0 Å². The summed E-state index contributed by atoms with van der Waals surface area (Å²) in [5, 5.41) is 0. The van der Waals surface area contributed by atoms with Crippen LogP contribution >= 0.6 is 0 Å². The van der Waals surface area contributed by atoms with E-state index in [1.165, 1.54) is 0 Å². The Morgan fingerprint density at radius 3 is 3.00 bits per heavy atom. The van der Waals surface area contributed by atoms with Gasteiger partial charge in [0.05, 0.1) is 0 Å². The molecule has 0 aliphatic carbocycles. The fourth-order valence-corrected chi connectivity index (χ4v) is 0.538. The standard InChI is InChI=1S/C7H8N2/c1-3-6(2)7-8-4-5-9-7/h3-5H,1-2H2,(H,8,9). The van der Waals surface area contributed by atoms with E-state index in [1.807, 2.05) is 0 Å². The Bertz CT molecular complexity index is 209. The SMILES string of the molecule is C=CC(=C)c1ncc[nH]1. The Morgan fingerprint density at radius 2 is 2.56 bits per heavy atom. The zero-order valence-corrected chi connectivity index (χ0v) is 5.09. The van der Waals surface area contributed by atoms with E-state index in [0.717, 1.165) is 11.4 Å². The molecule has 0 aliphatic rings. The van der Waals surface area contributed by atoms with E-state index in [2.05, 4.69) is 23.1 Å². The molecule has 0 spiro atoms. The second-order valence-corrected chi connectivity index (χ2v) is 1.67. The van der Waals surface area contributed by atoms with Crippen LogP contribution in [0.1, 0.15) is 5.82 Å². The monoisotopic (exact) mass is 120 g/mol. The summed E-state index contributed by atoms with van der Waals surface area (Å²) in [5.41, 5.74) is 0.819. The van der Waals surface area contributed by atoms with Crippen LogP contribution in [0.15, 0.2) is 31.6 Å². The highest BCUT2D eigenvalue weighted by molar-refractivity contribution is 5.65. The average molecular weight is 120 g/mol. The van der Waals surface area contributed by atoms with Crippen molar-refractivity contribution in [1.82, 2.24) is 9.97 Å². The van der Waals surface area contributed by atoms with Crippen molar-refractivity contribution in [2.24, 2.45) is 0 Å². The Labute approximate surface area is 53.9 Å². The van der Waals surface area contributed by atoms with E-state index in [4.69, 9.17) is 0 Å². The maximum absolute atomic E-state index is 3.96. The lowest BCUT2D eigenvalue weighted by Gasteiger charge is -1.88. The maximum atomic E-state index is 3.96. The van der Waals surface area contributed by atoms with Gasteiger partial charge in [-0.1, -0.05) is 19.2 Å². The minimum Gasteiger partial charge on any atom is -0.345 e. The second-order valence-electron chi connectivity index (χ2n) is 1.67. The van der Waals surface area contributed by atoms with E-state index in [-0.39, 0.29) is 0 Å². The molecule has 0 fully saturated rings. The number of aromatic nitrogens is 2. The highest BCUT2D eigenvalue weighted by Gasteiger charge is 1.92. The molecular formula is C7H8N2. The molecule has 46 valence electrons. The molecule has 2 nitrogen and oxygen atoms in total. The van der Waals surface area contributed by atoms with E-state index in [1.54, 1.807) is 18.5 Å². The molecule has 0 saturated carbocycles. The third-order valence-corrected chi connectivity index (χ3v) is 1.05. The number of allylic oxidation sites excluding steroid dienone is 2. The summed E-state index contributed by atoms with van der Waals surface area (Å²) >= 11 is 0. The second kappa shape index (κ2) is 2.31. The number of aromatic amines is 1. The molecule has 0 aromatic carbocycles. The zero-order chi connectivity index (χ0) is 6.69. The summed E-state index contributed by atoms with van der Waals surface area (Å²) in [6.45, 7) is 7.26. The Morgan fingerprint density at radius 1 is 1.78 bits per heavy atom. The van der Waals surface area contributed by atoms with Gasteiger partial charge in [0.1, 0.15) is 5.82 Å². The molecule has 0 unspecified atom stereocenters. The molecule has 1 aromatic rings. The van der Waals surface area contributed by atoms with Gasteiger partial charge < -0.3 is 4.98 Å². The fourth-order valence-electron chi connectivity index (χ4n) is 0.538. The summed E-state index contributed by atoms with van der Waals surface area (Å²) in [4.78, 5) is 6.87. The van der Waals surface area contributed by atoms with Crippen molar-refractivity contribution in [3.8, 4) is 0 Å². The van der Waals surface area contributed by atoms with Gasteiger partial charge in [-0.2, -0.15) is 0 Å². The molecule has 0 saturated heterocycles. The van der Waals surface area contributed by atoms with Crippen molar-refractivity contribution in [3.05, 3.63) is 37.5 Å². The molecule has 0 radical (unpaired) electrons. The lowest BCUT2D eigenvalue weighted by Crippen LogP contribution is -1.79. The van der Waals surface area contributed by atoms with Gasteiger partial charge in [0.2, 0.25) is 0 Å². The van der Waals surface area contributed by atoms with Crippen LogP contribution in [-0.4, -0.2) is 9.97 Å². The van der Waals surface area contributed by atoms with Crippen molar-refractivity contribution >= 4 is 5.57 Å². The number of H-pyrrole nitrogens is 1. The van der Waals surface area contributed by atoms with Crippen LogP contribution in [0, 0.1) is 0 Å². The molecule has 2 heteroatoms. The molecule has 9 heavy (non-hydrogen) atoms. The molecular weight excluding hydrogens is 112 g/mol. The maximum Gasteiger partial charge on any atom is 0.136 e. The van der Waals surface area contributed by atoms with E-state index in [9.17, 15) is 0 Å². The van der Waals surface area contributed by atoms with Crippen molar-refractivity contribution in [3.63, 3.8) is 0 Å². The number of nitrogens with zero attached hydrogens (tertiary/aromatic N) is 1. The van der Waals surface area contributed by atoms with E-state index < -0.39 is 0 Å². The number of rotatable bonds is 2. The van der Waals surface area contributed by atoms with Gasteiger partial charge in [0.15, 0.2) is 0 Å². The Balaban J connectivity index is 2.89. The first-order chi connectivity index (χ1) is 4.34. The molecule has 0 amide bonds. The number of imidazole rings is 1. The van der Waals surface area contributed by atoms with Crippen LogP contribution in [0.5, 0.6) is 0 Å². The quantitative estimate of drug-likeness (QED) is 0.590. The number of nitrogens with one attached hydrogen (secondary N) is 1. The molecule has 1 heterocycles. The minimum absolute atomic E-state index is 0.782. The van der Waals surface area contributed by atoms with E-state index in [0.29, 0.717) is 0 Å². The van der Waals surface area contributed by atoms with E-state index >= 15 is 0 Å². The fraction of sp³-hybridized carbons (Fsp3) is 0. The number of hydrogen-bond acceptors (Lipinski definition) is 1.